The van der Waals surface area contributed by atoms with Gasteiger partial charge in [-0.25, -0.2) is 0 Å². The lowest BCUT2D eigenvalue weighted by Gasteiger charge is -2.22. The molecule has 0 aliphatic heterocycles. The third-order valence-corrected chi connectivity index (χ3v) is 4.61. The molecule has 0 aromatic heterocycles. The number of amides is 5. The smallest absolute Gasteiger partial charge is 0.243 e. The fourth-order valence-corrected chi connectivity index (χ4v) is 2.46. The standard InChI is InChI=1S/C19H36N6O5/c1-6-11(16(21)27)24-18(29)13(8-3)23-14(26)9-22-17(28)12(7-2)25-19(30)15(20)10(4)5/h10-13,15H,6-9,20H2,1-5H3,(H2,21,27)(H,22,28)(H,23,26)(H,24,29)(H,25,30). The molecule has 4 atom stereocenters. The van der Waals surface area contributed by atoms with Crippen LogP contribution in [0, 0.1) is 5.92 Å². The van der Waals surface area contributed by atoms with Crippen LogP contribution in [-0.2, 0) is 24.0 Å². The van der Waals surface area contributed by atoms with Crippen molar-refractivity contribution in [2.45, 2.75) is 78.0 Å². The number of nitrogens with two attached hydrogens (primary N) is 2. The molecule has 0 radical (unpaired) electrons. The first-order valence-corrected chi connectivity index (χ1v) is 10.2. The summed E-state index contributed by atoms with van der Waals surface area (Å²) in [5, 5.41) is 9.97. The average Bonchev–Trinajstić information content (AvgIpc) is 2.70. The topological polar surface area (TPSA) is 186 Å². The molecule has 0 spiro atoms. The van der Waals surface area contributed by atoms with Crippen molar-refractivity contribution in [1.82, 2.24) is 21.3 Å². The van der Waals surface area contributed by atoms with Crippen LogP contribution in [0.25, 0.3) is 0 Å². The maximum absolute atomic E-state index is 12.3. The number of carbonyl (C=O) groups excluding carboxylic acids is 5. The van der Waals surface area contributed by atoms with Crippen LogP contribution in [0.4, 0.5) is 0 Å². The summed E-state index contributed by atoms with van der Waals surface area (Å²) in [5.41, 5.74) is 11.0. The van der Waals surface area contributed by atoms with Gasteiger partial charge in [0.25, 0.3) is 0 Å². The van der Waals surface area contributed by atoms with E-state index in [9.17, 15) is 24.0 Å². The first-order chi connectivity index (χ1) is 14.0. The summed E-state index contributed by atoms with van der Waals surface area (Å²) in [6.07, 6.45) is 0.920. The molecule has 172 valence electrons. The zero-order valence-electron chi connectivity index (χ0n) is 18.4. The zero-order chi connectivity index (χ0) is 23.4. The van der Waals surface area contributed by atoms with Crippen molar-refractivity contribution in [3.05, 3.63) is 0 Å². The van der Waals surface area contributed by atoms with Gasteiger partial charge in [0.1, 0.15) is 18.1 Å². The van der Waals surface area contributed by atoms with Gasteiger partial charge >= 0.3 is 0 Å². The first-order valence-electron chi connectivity index (χ1n) is 10.2. The first kappa shape index (κ1) is 27.3. The Balaban J connectivity index is 4.70. The van der Waals surface area contributed by atoms with Gasteiger partial charge in [-0.3, -0.25) is 24.0 Å². The fourth-order valence-electron chi connectivity index (χ4n) is 2.46. The quantitative estimate of drug-likeness (QED) is 0.202. The van der Waals surface area contributed by atoms with Gasteiger partial charge in [-0.15, -0.1) is 0 Å². The number of hydrogen-bond acceptors (Lipinski definition) is 6. The van der Waals surface area contributed by atoms with Gasteiger partial charge in [0.15, 0.2) is 0 Å². The molecule has 5 amide bonds. The van der Waals surface area contributed by atoms with E-state index in [1.807, 2.05) is 0 Å². The van der Waals surface area contributed by atoms with E-state index in [-0.39, 0.29) is 18.9 Å². The summed E-state index contributed by atoms with van der Waals surface area (Å²) in [6.45, 7) is 8.31. The molecule has 0 aliphatic carbocycles. The highest BCUT2D eigenvalue weighted by Crippen LogP contribution is 2.00. The lowest BCUT2D eigenvalue weighted by molar-refractivity contribution is -0.132. The van der Waals surface area contributed by atoms with E-state index in [1.54, 1.807) is 34.6 Å². The largest absolute Gasteiger partial charge is 0.368 e. The maximum Gasteiger partial charge on any atom is 0.243 e. The van der Waals surface area contributed by atoms with Crippen LogP contribution < -0.4 is 32.7 Å². The molecule has 0 fully saturated rings. The highest BCUT2D eigenvalue weighted by atomic mass is 16.2. The van der Waals surface area contributed by atoms with E-state index in [0.717, 1.165) is 0 Å². The summed E-state index contributed by atoms with van der Waals surface area (Å²) in [7, 11) is 0. The molecule has 0 rings (SSSR count). The molecule has 4 unspecified atom stereocenters. The Morgan fingerprint density at radius 3 is 1.63 bits per heavy atom. The molecule has 11 nitrogen and oxygen atoms in total. The van der Waals surface area contributed by atoms with E-state index in [4.69, 9.17) is 11.5 Å². The molecule has 0 aromatic rings. The lowest BCUT2D eigenvalue weighted by Crippen LogP contribution is -2.55. The van der Waals surface area contributed by atoms with Crippen LogP contribution in [0.3, 0.4) is 0 Å². The molecule has 0 bridgehead atoms. The van der Waals surface area contributed by atoms with E-state index in [2.05, 4.69) is 21.3 Å². The molecule has 0 aromatic carbocycles. The van der Waals surface area contributed by atoms with Crippen LogP contribution in [0.1, 0.15) is 53.9 Å². The van der Waals surface area contributed by atoms with Crippen molar-refractivity contribution >= 4 is 29.5 Å². The Bertz CT molecular complexity index is 625. The third-order valence-electron chi connectivity index (χ3n) is 4.61. The number of rotatable bonds is 13. The summed E-state index contributed by atoms with van der Waals surface area (Å²) >= 11 is 0. The maximum atomic E-state index is 12.3. The van der Waals surface area contributed by atoms with E-state index >= 15 is 0 Å². The van der Waals surface area contributed by atoms with Crippen molar-refractivity contribution in [3.8, 4) is 0 Å². The van der Waals surface area contributed by atoms with Gasteiger partial charge < -0.3 is 32.7 Å². The zero-order valence-corrected chi connectivity index (χ0v) is 18.4. The lowest BCUT2D eigenvalue weighted by atomic mass is 10.0. The fraction of sp³-hybridized carbons (Fsp3) is 0.737. The molecule has 0 heterocycles. The van der Waals surface area contributed by atoms with Gasteiger partial charge in [-0.2, -0.15) is 0 Å². The Morgan fingerprint density at radius 2 is 1.20 bits per heavy atom. The van der Waals surface area contributed by atoms with Crippen LogP contribution in [-0.4, -0.2) is 60.2 Å². The number of carbonyl (C=O) groups is 5. The average molecular weight is 429 g/mol. The van der Waals surface area contributed by atoms with Gasteiger partial charge in [-0.05, 0) is 25.2 Å². The predicted molar refractivity (Wildman–Crippen MR) is 112 cm³/mol. The Kier molecular flexibility index (Phi) is 12.3. The summed E-state index contributed by atoms with van der Waals surface area (Å²) in [4.78, 5) is 60.0. The molecule has 11 heteroatoms. The summed E-state index contributed by atoms with van der Waals surface area (Å²) < 4.78 is 0. The molecule has 8 N–H and O–H groups in total. The minimum atomic E-state index is -0.881. The third kappa shape index (κ3) is 9.21. The van der Waals surface area contributed by atoms with Gasteiger partial charge in [0, 0.05) is 0 Å². The van der Waals surface area contributed by atoms with E-state index in [0.29, 0.717) is 12.8 Å². The highest BCUT2D eigenvalue weighted by Gasteiger charge is 2.26. The summed E-state index contributed by atoms with van der Waals surface area (Å²) in [5.74, 6) is -2.85. The van der Waals surface area contributed by atoms with E-state index < -0.39 is 53.7 Å². The Labute approximate surface area is 177 Å². The molecule has 30 heavy (non-hydrogen) atoms. The molecule has 0 aliphatic rings. The number of primary amides is 1. The predicted octanol–water partition coefficient (Wildman–Crippen LogP) is -1.74. The number of nitrogens with one attached hydrogen (secondary N) is 4. The second-order valence-corrected chi connectivity index (χ2v) is 7.36. The van der Waals surface area contributed by atoms with E-state index in [1.165, 1.54) is 0 Å². The van der Waals surface area contributed by atoms with Gasteiger partial charge in [0.05, 0.1) is 12.6 Å². The van der Waals surface area contributed by atoms with Crippen molar-refractivity contribution in [2.75, 3.05) is 6.54 Å². The van der Waals surface area contributed by atoms with Crippen molar-refractivity contribution < 1.29 is 24.0 Å². The van der Waals surface area contributed by atoms with Crippen molar-refractivity contribution in [2.24, 2.45) is 17.4 Å². The van der Waals surface area contributed by atoms with Crippen LogP contribution in [0.15, 0.2) is 0 Å². The normalized spacial score (nSPS) is 14.8. The number of hydrogen-bond donors (Lipinski definition) is 6. The van der Waals surface area contributed by atoms with Crippen molar-refractivity contribution in [1.29, 1.82) is 0 Å². The minimum Gasteiger partial charge on any atom is -0.368 e. The van der Waals surface area contributed by atoms with Crippen LogP contribution in [0.5, 0.6) is 0 Å². The second kappa shape index (κ2) is 13.5. The Hall–Kier alpha value is -2.69. The molecular weight excluding hydrogens is 392 g/mol. The van der Waals surface area contributed by atoms with Crippen molar-refractivity contribution in [3.63, 3.8) is 0 Å². The molecule has 0 saturated heterocycles. The van der Waals surface area contributed by atoms with Crippen LogP contribution in [0.2, 0.25) is 0 Å². The molecular formula is C19H36N6O5. The SMILES string of the molecule is CCC(NC(=O)C(CC)NC(=O)CNC(=O)C(CC)NC(=O)C(N)C(C)C)C(N)=O. The minimum absolute atomic E-state index is 0.0876. The van der Waals surface area contributed by atoms with Gasteiger partial charge in [0.2, 0.25) is 29.5 Å². The second-order valence-electron chi connectivity index (χ2n) is 7.36. The Morgan fingerprint density at radius 1 is 0.733 bits per heavy atom. The van der Waals surface area contributed by atoms with Crippen LogP contribution >= 0.6 is 0 Å². The monoisotopic (exact) mass is 428 g/mol. The summed E-state index contributed by atoms with van der Waals surface area (Å²) in [6, 6.07) is -3.28. The molecule has 0 saturated carbocycles. The highest BCUT2D eigenvalue weighted by molar-refractivity contribution is 5.94. The van der Waals surface area contributed by atoms with Gasteiger partial charge in [-0.1, -0.05) is 34.6 Å².